The molecule has 0 aliphatic heterocycles. The zero-order valence-corrected chi connectivity index (χ0v) is 9.11. The van der Waals surface area contributed by atoms with E-state index in [4.69, 9.17) is 0 Å². The second kappa shape index (κ2) is 4.84. The van der Waals surface area contributed by atoms with Crippen molar-refractivity contribution in [1.29, 1.82) is 0 Å². The van der Waals surface area contributed by atoms with Crippen molar-refractivity contribution in [2.45, 2.75) is 18.1 Å². The highest BCUT2D eigenvalue weighted by Gasteiger charge is 2.06. The number of rotatable bonds is 4. The van der Waals surface area contributed by atoms with Crippen LogP contribution in [0.5, 0.6) is 0 Å². The van der Waals surface area contributed by atoms with Crippen LogP contribution in [0, 0.1) is 0 Å². The molecular formula is C10H12N2O2S. The van der Waals surface area contributed by atoms with Crippen molar-refractivity contribution >= 4 is 12.6 Å². The molecule has 1 rings (SSSR count). The molecule has 0 spiro atoms. The molecule has 0 atom stereocenters. The lowest BCUT2D eigenvalue weighted by Gasteiger charge is -2.09. The quantitative estimate of drug-likeness (QED) is 0.464. The van der Waals surface area contributed by atoms with Crippen LogP contribution in [-0.4, -0.2) is 9.13 Å². The fraction of sp³-hybridized carbons (Fsp3) is 0.200. The van der Waals surface area contributed by atoms with E-state index in [-0.39, 0.29) is 12.1 Å². The molecule has 0 radical (unpaired) electrons. The van der Waals surface area contributed by atoms with Crippen LogP contribution >= 0.6 is 12.6 Å². The topological polar surface area (TPSA) is 44.0 Å². The van der Waals surface area contributed by atoms with Crippen LogP contribution in [-0.2, 0) is 13.1 Å². The summed E-state index contributed by atoms with van der Waals surface area (Å²) >= 11 is 4.06. The Bertz CT molecular complexity index is 499. The van der Waals surface area contributed by atoms with E-state index in [9.17, 15) is 9.59 Å². The minimum Gasteiger partial charge on any atom is -0.284 e. The van der Waals surface area contributed by atoms with Gasteiger partial charge < -0.3 is 0 Å². The summed E-state index contributed by atoms with van der Waals surface area (Å²) in [7, 11) is 0. The molecular weight excluding hydrogens is 212 g/mol. The maximum Gasteiger partial charge on any atom is 0.332 e. The third-order valence-electron chi connectivity index (χ3n) is 1.88. The Morgan fingerprint density at radius 2 is 1.73 bits per heavy atom. The first-order chi connectivity index (χ1) is 7.11. The van der Waals surface area contributed by atoms with Gasteiger partial charge >= 0.3 is 5.69 Å². The number of hydrogen-bond donors (Lipinski definition) is 1. The number of hydrogen-bond acceptors (Lipinski definition) is 3. The molecule has 0 saturated heterocycles. The minimum atomic E-state index is -0.396. The van der Waals surface area contributed by atoms with E-state index in [1.807, 2.05) is 0 Å². The Labute approximate surface area is 92.6 Å². The van der Waals surface area contributed by atoms with Gasteiger partial charge in [0.1, 0.15) is 0 Å². The number of nitrogens with zero attached hydrogens (tertiary/aromatic N) is 2. The van der Waals surface area contributed by atoms with E-state index < -0.39 is 5.69 Å². The molecule has 4 nitrogen and oxygen atoms in total. The molecule has 0 bridgehead atoms. The summed E-state index contributed by atoms with van der Waals surface area (Å²) in [6.07, 6.45) is 3.07. The lowest BCUT2D eigenvalue weighted by Crippen LogP contribution is -2.39. The largest absolute Gasteiger partial charge is 0.332 e. The molecule has 1 heterocycles. The average Bonchev–Trinajstić information content (AvgIpc) is 2.19. The molecule has 0 amide bonds. The van der Waals surface area contributed by atoms with Gasteiger partial charge in [0.2, 0.25) is 0 Å². The molecule has 80 valence electrons. The first-order valence-corrected chi connectivity index (χ1v) is 4.82. The standard InChI is InChI=1S/C10H12N2O2S/c1-3-5-11-8(13)7-9(15)12(6-4-2)10(11)14/h3-4,7,15H,1-2,5-6H2. The minimum absolute atomic E-state index is 0.197. The molecule has 0 fully saturated rings. The summed E-state index contributed by atoms with van der Waals surface area (Å²) in [4.78, 5) is 23.2. The second-order valence-electron chi connectivity index (χ2n) is 2.92. The lowest BCUT2D eigenvalue weighted by molar-refractivity contribution is 0.584. The van der Waals surface area contributed by atoms with Crippen molar-refractivity contribution in [2.75, 3.05) is 0 Å². The van der Waals surface area contributed by atoms with Gasteiger partial charge in [0.05, 0.1) is 5.03 Å². The Hall–Kier alpha value is -1.49. The van der Waals surface area contributed by atoms with Gasteiger partial charge in [-0.05, 0) is 0 Å². The summed E-state index contributed by atoms with van der Waals surface area (Å²) in [6, 6.07) is 1.30. The predicted octanol–water partition coefficient (Wildman–Crippen LogP) is 0.671. The SMILES string of the molecule is C=CCn1c(S)cc(=O)n(CC=C)c1=O. The van der Waals surface area contributed by atoms with E-state index in [0.29, 0.717) is 11.6 Å². The molecule has 1 aromatic heterocycles. The van der Waals surface area contributed by atoms with Crippen LogP contribution in [0.15, 0.2) is 46.0 Å². The van der Waals surface area contributed by atoms with Crippen LogP contribution in [0.25, 0.3) is 0 Å². The number of allylic oxidation sites excluding steroid dienone is 2. The third kappa shape index (κ3) is 2.30. The maximum absolute atomic E-state index is 11.8. The van der Waals surface area contributed by atoms with E-state index in [2.05, 4.69) is 25.8 Å². The van der Waals surface area contributed by atoms with Gasteiger partial charge in [-0.15, -0.1) is 25.8 Å². The van der Waals surface area contributed by atoms with Gasteiger partial charge in [0.15, 0.2) is 0 Å². The van der Waals surface area contributed by atoms with Crippen molar-refractivity contribution in [3.63, 3.8) is 0 Å². The van der Waals surface area contributed by atoms with Gasteiger partial charge in [-0.2, -0.15) is 0 Å². The molecule has 1 aromatic rings. The summed E-state index contributed by atoms with van der Waals surface area (Å²) < 4.78 is 2.46. The zero-order valence-electron chi connectivity index (χ0n) is 8.22. The van der Waals surface area contributed by atoms with Crippen LogP contribution in [0.3, 0.4) is 0 Å². The predicted molar refractivity (Wildman–Crippen MR) is 62.6 cm³/mol. The first kappa shape index (κ1) is 11.6. The lowest BCUT2D eigenvalue weighted by atomic mass is 10.5. The highest BCUT2D eigenvalue weighted by molar-refractivity contribution is 7.80. The van der Waals surface area contributed by atoms with Gasteiger partial charge in [0, 0.05) is 19.2 Å². The van der Waals surface area contributed by atoms with E-state index in [0.717, 1.165) is 4.57 Å². The summed E-state index contributed by atoms with van der Waals surface area (Å²) in [5, 5.41) is 0.338. The fourth-order valence-electron chi connectivity index (χ4n) is 1.20. The van der Waals surface area contributed by atoms with Crippen LogP contribution in [0.2, 0.25) is 0 Å². The highest BCUT2D eigenvalue weighted by atomic mass is 32.1. The van der Waals surface area contributed by atoms with Crippen LogP contribution in [0.1, 0.15) is 0 Å². The van der Waals surface area contributed by atoms with Gasteiger partial charge in [-0.25, -0.2) is 4.79 Å². The maximum atomic E-state index is 11.8. The van der Waals surface area contributed by atoms with Crippen molar-refractivity contribution in [3.05, 3.63) is 52.2 Å². The van der Waals surface area contributed by atoms with Crippen LogP contribution < -0.4 is 11.2 Å². The summed E-state index contributed by atoms with van der Waals surface area (Å²) in [5.41, 5.74) is -0.766. The molecule has 0 aromatic carbocycles. The van der Waals surface area contributed by atoms with E-state index in [1.165, 1.54) is 16.7 Å². The van der Waals surface area contributed by atoms with Crippen molar-refractivity contribution in [3.8, 4) is 0 Å². The molecule has 15 heavy (non-hydrogen) atoms. The monoisotopic (exact) mass is 224 g/mol. The first-order valence-electron chi connectivity index (χ1n) is 4.37. The average molecular weight is 224 g/mol. The Balaban J connectivity index is 3.48. The Kier molecular flexibility index (Phi) is 3.74. The van der Waals surface area contributed by atoms with Crippen molar-refractivity contribution in [1.82, 2.24) is 9.13 Å². The normalized spacial score (nSPS) is 9.93. The molecule has 5 heteroatoms. The third-order valence-corrected chi connectivity index (χ3v) is 2.25. The molecule has 0 N–H and O–H groups in total. The molecule has 0 unspecified atom stereocenters. The number of aromatic nitrogens is 2. The summed E-state index contributed by atoms with van der Waals surface area (Å²) in [6.45, 7) is 7.55. The second-order valence-corrected chi connectivity index (χ2v) is 3.38. The van der Waals surface area contributed by atoms with Crippen LogP contribution in [0.4, 0.5) is 0 Å². The van der Waals surface area contributed by atoms with E-state index in [1.54, 1.807) is 6.08 Å². The zero-order chi connectivity index (χ0) is 11.4. The molecule has 0 aliphatic carbocycles. The van der Waals surface area contributed by atoms with Crippen molar-refractivity contribution < 1.29 is 0 Å². The van der Waals surface area contributed by atoms with Crippen molar-refractivity contribution in [2.24, 2.45) is 0 Å². The van der Waals surface area contributed by atoms with Gasteiger partial charge in [-0.3, -0.25) is 13.9 Å². The van der Waals surface area contributed by atoms with Gasteiger partial charge in [0.25, 0.3) is 5.56 Å². The smallest absolute Gasteiger partial charge is 0.284 e. The summed E-state index contributed by atoms with van der Waals surface area (Å²) in [5.74, 6) is 0. The van der Waals surface area contributed by atoms with E-state index >= 15 is 0 Å². The Morgan fingerprint density at radius 1 is 1.20 bits per heavy atom. The fourth-order valence-corrected chi connectivity index (χ4v) is 1.48. The number of thiol groups is 1. The van der Waals surface area contributed by atoms with Gasteiger partial charge in [-0.1, -0.05) is 12.2 Å². The highest BCUT2D eigenvalue weighted by Crippen LogP contribution is 1.98. The molecule has 0 saturated carbocycles. The Morgan fingerprint density at radius 3 is 2.27 bits per heavy atom. The molecule has 0 aliphatic rings.